The molecule has 1 rings (SSSR count). The van der Waals surface area contributed by atoms with Gasteiger partial charge >= 0.3 is 0 Å². The highest BCUT2D eigenvalue weighted by Crippen LogP contribution is 2.21. The van der Waals surface area contributed by atoms with Gasteiger partial charge < -0.3 is 9.84 Å². The van der Waals surface area contributed by atoms with E-state index < -0.39 is 0 Å². The first-order valence-electron chi connectivity index (χ1n) is 4.09. The Hall–Kier alpha value is -1.53. The molecule has 0 spiro atoms. The van der Waals surface area contributed by atoms with Gasteiger partial charge in [0.25, 0.3) is 0 Å². The molecule has 0 atom stereocenters. The first-order chi connectivity index (χ1) is 6.33. The van der Waals surface area contributed by atoms with Crippen molar-refractivity contribution in [3.63, 3.8) is 0 Å². The Morgan fingerprint density at radius 1 is 1.54 bits per heavy atom. The van der Waals surface area contributed by atoms with Crippen LogP contribution < -0.4 is 4.74 Å². The summed E-state index contributed by atoms with van der Waals surface area (Å²) in [6.07, 6.45) is 0. The Kier molecular flexibility index (Phi) is 3.30. The van der Waals surface area contributed by atoms with Crippen molar-refractivity contribution in [1.29, 1.82) is 5.26 Å². The predicted molar refractivity (Wildman–Crippen MR) is 48.2 cm³/mol. The Morgan fingerprint density at radius 2 is 2.31 bits per heavy atom. The largest absolute Gasteiger partial charge is 0.492 e. The Morgan fingerprint density at radius 3 is 2.85 bits per heavy atom. The molecule has 0 saturated carbocycles. The van der Waals surface area contributed by atoms with Crippen LogP contribution in [0.1, 0.15) is 18.1 Å². The van der Waals surface area contributed by atoms with E-state index in [0.717, 1.165) is 0 Å². The van der Waals surface area contributed by atoms with Gasteiger partial charge in [0.05, 0.1) is 18.8 Å². The molecule has 0 aliphatic heterocycles. The monoisotopic (exact) mass is 177 g/mol. The zero-order valence-corrected chi connectivity index (χ0v) is 7.45. The van der Waals surface area contributed by atoms with Gasteiger partial charge in [-0.15, -0.1) is 0 Å². The molecule has 1 N–H and O–H groups in total. The molecule has 1 aromatic rings. The maximum atomic E-state index is 8.94. The molecular weight excluding hydrogens is 166 g/mol. The van der Waals surface area contributed by atoms with Crippen molar-refractivity contribution >= 4 is 0 Å². The number of nitriles is 1. The molecule has 0 aromatic heterocycles. The summed E-state index contributed by atoms with van der Waals surface area (Å²) in [5, 5.41) is 17.8. The highest BCUT2D eigenvalue weighted by molar-refractivity contribution is 5.48. The van der Waals surface area contributed by atoms with Crippen LogP contribution >= 0.6 is 0 Å². The molecule has 3 nitrogen and oxygen atoms in total. The van der Waals surface area contributed by atoms with Gasteiger partial charge in [0.1, 0.15) is 11.8 Å². The van der Waals surface area contributed by atoms with Gasteiger partial charge in [-0.1, -0.05) is 12.1 Å². The van der Waals surface area contributed by atoms with Gasteiger partial charge in [0.2, 0.25) is 0 Å². The van der Waals surface area contributed by atoms with E-state index in [1.54, 1.807) is 18.2 Å². The summed E-state index contributed by atoms with van der Waals surface area (Å²) >= 11 is 0. The standard InChI is InChI=1S/C10H11NO2/c1-2-13-10-5-3-4-8(7-12)9(10)6-11/h3-5,12H,2,7H2,1H3. The number of aliphatic hydroxyl groups excluding tert-OH is 1. The molecule has 0 fully saturated rings. The van der Waals surface area contributed by atoms with Crippen LogP contribution in [0.4, 0.5) is 0 Å². The fourth-order valence-corrected chi connectivity index (χ4v) is 1.11. The van der Waals surface area contributed by atoms with E-state index in [2.05, 4.69) is 0 Å². The molecule has 68 valence electrons. The number of hydrogen-bond acceptors (Lipinski definition) is 3. The van der Waals surface area contributed by atoms with Crippen molar-refractivity contribution in [2.75, 3.05) is 6.61 Å². The molecule has 0 unspecified atom stereocenters. The first-order valence-corrected chi connectivity index (χ1v) is 4.09. The normalized spacial score (nSPS) is 9.31. The highest BCUT2D eigenvalue weighted by Gasteiger charge is 2.06. The fraction of sp³-hybridized carbons (Fsp3) is 0.300. The summed E-state index contributed by atoms with van der Waals surface area (Å²) in [7, 11) is 0. The lowest BCUT2D eigenvalue weighted by Gasteiger charge is -2.07. The van der Waals surface area contributed by atoms with Crippen molar-refractivity contribution in [2.24, 2.45) is 0 Å². The lowest BCUT2D eigenvalue weighted by molar-refractivity contribution is 0.279. The lowest BCUT2D eigenvalue weighted by atomic mass is 10.1. The van der Waals surface area contributed by atoms with Crippen LogP contribution in [-0.4, -0.2) is 11.7 Å². The number of ether oxygens (including phenoxy) is 1. The molecule has 1 aromatic carbocycles. The third-order valence-corrected chi connectivity index (χ3v) is 1.69. The molecule has 0 amide bonds. The van der Waals surface area contributed by atoms with Crippen LogP contribution in [0.5, 0.6) is 5.75 Å². The van der Waals surface area contributed by atoms with Gasteiger partial charge in [0.15, 0.2) is 0 Å². The van der Waals surface area contributed by atoms with Crippen LogP contribution in [0.2, 0.25) is 0 Å². The Labute approximate surface area is 77.2 Å². The highest BCUT2D eigenvalue weighted by atomic mass is 16.5. The van der Waals surface area contributed by atoms with Crippen molar-refractivity contribution in [3.8, 4) is 11.8 Å². The van der Waals surface area contributed by atoms with E-state index in [1.807, 2.05) is 13.0 Å². The average molecular weight is 177 g/mol. The topological polar surface area (TPSA) is 53.2 Å². The van der Waals surface area contributed by atoms with Crippen molar-refractivity contribution in [2.45, 2.75) is 13.5 Å². The van der Waals surface area contributed by atoms with E-state index >= 15 is 0 Å². The number of aliphatic hydroxyl groups is 1. The molecule has 13 heavy (non-hydrogen) atoms. The zero-order chi connectivity index (χ0) is 9.68. The number of benzene rings is 1. The van der Waals surface area contributed by atoms with Crippen LogP contribution in [0, 0.1) is 11.3 Å². The molecule has 0 heterocycles. The minimum absolute atomic E-state index is 0.135. The van der Waals surface area contributed by atoms with Crippen molar-refractivity contribution in [1.82, 2.24) is 0 Å². The SMILES string of the molecule is CCOc1cccc(CO)c1C#N. The zero-order valence-electron chi connectivity index (χ0n) is 7.45. The van der Waals surface area contributed by atoms with Gasteiger partial charge in [-0.25, -0.2) is 0 Å². The van der Waals surface area contributed by atoms with Gasteiger partial charge in [-0.2, -0.15) is 5.26 Å². The smallest absolute Gasteiger partial charge is 0.137 e. The maximum Gasteiger partial charge on any atom is 0.137 e. The Balaban J connectivity index is 3.13. The molecule has 0 aliphatic rings. The van der Waals surface area contributed by atoms with E-state index in [1.165, 1.54) is 0 Å². The molecule has 0 aliphatic carbocycles. The van der Waals surface area contributed by atoms with Crippen LogP contribution in [0.3, 0.4) is 0 Å². The van der Waals surface area contributed by atoms with E-state index in [0.29, 0.717) is 23.5 Å². The summed E-state index contributed by atoms with van der Waals surface area (Å²) in [6, 6.07) is 7.21. The summed E-state index contributed by atoms with van der Waals surface area (Å²) < 4.78 is 5.24. The summed E-state index contributed by atoms with van der Waals surface area (Å²) in [5.74, 6) is 0.538. The van der Waals surface area contributed by atoms with E-state index in [-0.39, 0.29) is 6.61 Å². The summed E-state index contributed by atoms with van der Waals surface area (Å²) in [6.45, 7) is 2.24. The lowest BCUT2D eigenvalue weighted by Crippen LogP contribution is -1.97. The number of rotatable bonds is 3. The van der Waals surface area contributed by atoms with Crippen LogP contribution in [0.15, 0.2) is 18.2 Å². The molecule has 0 radical (unpaired) electrons. The van der Waals surface area contributed by atoms with Gasteiger partial charge in [0, 0.05) is 0 Å². The summed E-state index contributed by atoms with van der Waals surface area (Å²) in [4.78, 5) is 0. The molecule has 0 saturated heterocycles. The summed E-state index contributed by atoms with van der Waals surface area (Å²) in [5.41, 5.74) is 1.03. The second kappa shape index (κ2) is 4.48. The Bertz CT molecular complexity index is 328. The number of nitrogens with zero attached hydrogens (tertiary/aromatic N) is 1. The predicted octanol–water partition coefficient (Wildman–Crippen LogP) is 1.45. The van der Waals surface area contributed by atoms with Gasteiger partial charge in [-0.3, -0.25) is 0 Å². The van der Waals surface area contributed by atoms with E-state index in [9.17, 15) is 0 Å². The third-order valence-electron chi connectivity index (χ3n) is 1.69. The minimum atomic E-state index is -0.135. The fourth-order valence-electron chi connectivity index (χ4n) is 1.11. The maximum absolute atomic E-state index is 8.94. The van der Waals surface area contributed by atoms with E-state index in [4.69, 9.17) is 15.1 Å². The van der Waals surface area contributed by atoms with Crippen LogP contribution in [0.25, 0.3) is 0 Å². The van der Waals surface area contributed by atoms with Crippen molar-refractivity contribution < 1.29 is 9.84 Å². The second-order valence-corrected chi connectivity index (χ2v) is 2.49. The first kappa shape index (κ1) is 9.56. The number of hydrogen-bond donors (Lipinski definition) is 1. The average Bonchev–Trinajstić information content (AvgIpc) is 2.18. The molecular formula is C10H11NO2. The van der Waals surface area contributed by atoms with Crippen LogP contribution in [-0.2, 0) is 6.61 Å². The minimum Gasteiger partial charge on any atom is -0.492 e. The molecule has 0 bridgehead atoms. The quantitative estimate of drug-likeness (QED) is 0.760. The third kappa shape index (κ3) is 1.98. The second-order valence-electron chi connectivity index (χ2n) is 2.49. The molecule has 3 heteroatoms. The van der Waals surface area contributed by atoms with Crippen molar-refractivity contribution in [3.05, 3.63) is 29.3 Å². The van der Waals surface area contributed by atoms with Gasteiger partial charge in [-0.05, 0) is 18.6 Å².